The molecule has 2 N–H and O–H groups in total. The predicted octanol–water partition coefficient (Wildman–Crippen LogP) is 2.66. The number of benzene rings is 1. The first-order valence-electron chi connectivity index (χ1n) is 8.03. The van der Waals surface area contributed by atoms with E-state index in [1.165, 1.54) is 12.1 Å². The van der Waals surface area contributed by atoms with E-state index in [9.17, 15) is 22.6 Å². The Morgan fingerprint density at radius 2 is 1.88 bits per heavy atom. The smallest absolute Gasteiger partial charge is 0.335 e. The monoisotopic (exact) mass is 364 g/mol. The van der Waals surface area contributed by atoms with Crippen molar-refractivity contribution >= 4 is 27.9 Å². The first-order valence-corrected chi connectivity index (χ1v) is 9.64. The summed E-state index contributed by atoms with van der Waals surface area (Å²) in [4.78, 5) is 23.9. The van der Waals surface area contributed by atoms with Gasteiger partial charge in [-0.25, -0.2) is 4.79 Å². The van der Waals surface area contributed by atoms with E-state index in [2.05, 4.69) is 0 Å². The van der Waals surface area contributed by atoms with Crippen molar-refractivity contribution in [3.05, 3.63) is 41.0 Å². The largest absolute Gasteiger partial charge is 0.478 e. The Kier molecular flexibility index (Phi) is 3.92. The minimum atomic E-state index is -4.28. The molecule has 0 saturated heterocycles. The zero-order chi connectivity index (χ0) is 18.6. The Balaban J connectivity index is 2.02. The molecule has 0 heterocycles. The van der Waals surface area contributed by atoms with Crippen LogP contribution >= 0.6 is 0 Å². The lowest BCUT2D eigenvalue weighted by atomic mass is 9.70. The highest BCUT2D eigenvalue weighted by molar-refractivity contribution is 7.85. The molecule has 2 atom stereocenters. The van der Waals surface area contributed by atoms with Crippen molar-refractivity contribution in [2.24, 2.45) is 16.7 Å². The van der Waals surface area contributed by atoms with Gasteiger partial charge in [0.15, 0.2) is 5.78 Å². The van der Waals surface area contributed by atoms with Gasteiger partial charge in [0.1, 0.15) is 0 Å². The summed E-state index contributed by atoms with van der Waals surface area (Å²) >= 11 is 0. The number of ketones is 1. The second-order valence-corrected chi connectivity index (χ2v) is 8.93. The van der Waals surface area contributed by atoms with Crippen LogP contribution in [0, 0.1) is 16.7 Å². The van der Waals surface area contributed by atoms with E-state index < -0.39 is 32.7 Å². The molecule has 7 heteroatoms. The van der Waals surface area contributed by atoms with E-state index in [1.54, 1.807) is 18.2 Å². The van der Waals surface area contributed by atoms with Crippen molar-refractivity contribution in [2.45, 2.75) is 26.7 Å². The van der Waals surface area contributed by atoms with E-state index in [0.29, 0.717) is 24.0 Å². The van der Waals surface area contributed by atoms with Gasteiger partial charge in [-0.2, -0.15) is 8.42 Å². The minimum Gasteiger partial charge on any atom is -0.478 e. The van der Waals surface area contributed by atoms with Crippen molar-refractivity contribution in [2.75, 3.05) is 5.75 Å². The van der Waals surface area contributed by atoms with Crippen molar-refractivity contribution in [1.29, 1.82) is 0 Å². The van der Waals surface area contributed by atoms with Crippen LogP contribution < -0.4 is 0 Å². The molecule has 6 nitrogen and oxygen atoms in total. The molecule has 134 valence electrons. The van der Waals surface area contributed by atoms with Crippen molar-refractivity contribution in [3.63, 3.8) is 0 Å². The molecule has 0 aromatic heterocycles. The van der Waals surface area contributed by atoms with Gasteiger partial charge in [0.05, 0.1) is 16.7 Å². The van der Waals surface area contributed by atoms with Gasteiger partial charge in [-0.05, 0) is 47.9 Å². The lowest BCUT2D eigenvalue weighted by Crippen LogP contribution is -2.42. The molecule has 2 fully saturated rings. The van der Waals surface area contributed by atoms with Crippen LogP contribution in [0.15, 0.2) is 29.8 Å². The average Bonchev–Trinajstić information content (AvgIpc) is 2.81. The number of carboxylic acids is 1. The number of hydrogen-bond acceptors (Lipinski definition) is 4. The summed E-state index contributed by atoms with van der Waals surface area (Å²) in [5.41, 5.74) is -0.253. The van der Waals surface area contributed by atoms with Crippen LogP contribution in [0.3, 0.4) is 0 Å². The molecule has 25 heavy (non-hydrogen) atoms. The number of allylic oxidation sites excluding steroid dienone is 1. The molecule has 2 aliphatic rings. The molecule has 1 aromatic carbocycles. The molecule has 0 spiro atoms. The Morgan fingerprint density at radius 1 is 1.28 bits per heavy atom. The number of carbonyl (C=O) groups excluding carboxylic acids is 1. The van der Waals surface area contributed by atoms with Crippen molar-refractivity contribution in [1.82, 2.24) is 0 Å². The Labute approximate surface area is 146 Å². The van der Waals surface area contributed by atoms with Crippen molar-refractivity contribution < 1.29 is 27.7 Å². The van der Waals surface area contributed by atoms with E-state index in [1.807, 2.05) is 13.8 Å². The molecule has 0 radical (unpaired) electrons. The van der Waals surface area contributed by atoms with E-state index in [-0.39, 0.29) is 17.3 Å². The van der Waals surface area contributed by atoms with Crippen LogP contribution in [0.5, 0.6) is 0 Å². The third-order valence-electron chi connectivity index (χ3n) is 5.95. The Hall–Kier alpha value is -1.99. The standard InChI is InChI=1S/C18H20O6S/c1-17(2)14-7-8-18(17,10-25(22,23)24)15(19)13(14)9-11-3-5-12(6-4-11)16(20)21/h3-6,9,14H,7-8,10H2,1-2H3,(H,20,21)(H,22,23,24). The third-order valence-corrected chi connectivity index (χ3v) is 6.80. The summed E-state index contributed by atoms with van der Waals surface area (Å²) in [5.74, 6) is -1.89. The molecule has 2 saturated carbocycles. The Bertz CT molecular complexity index is 879. The first-order chi connectivity index (χ1) is 11.5. The minimum absolute atomic E-state index is 0.0825. The SMILES string of the molecule is CC1(C)C2CCC1(CS(=O)(=O)O)C(=O)C2=Cc1ccc(C(=O)O)cc1. The van der Waals surface area contributed by atoms with Crippen LogP contribution in [0.2, 0.25) is 0 Å². The fraction of sp³-hybridized carbons (Fsp3) is 0.444. The average molecular weight is 364 g/mol. The molecule has 2 bridgehead atoms. The number of carboxylic acid groups (broad SMARTS) is 1. The molecule has 2 aliphatic carbocycles. The lowest BCUT2D eigenvalue weighted by Gasteiger charge is -2.34. The zero-order valence-electron chi connectivity index (χ0n) is 14.0. The number of aromatic carboxylic acids is 1. The van der Waals surface area contributed by atoms with Gasteiger partial charge in [-0.1, -0.05) is 26.0 Å². The maximum Gasteiger partial charge on any atom is 0.335 e. The van der Waals surface area contributed by atoms with Crippen LogP contribution in [-0.4, -0.2) is 35.6 Å². The highest BCUT2D eigenvalue weighted by atomic mass is 32.2. The van der Waals surface area contributed by atoms with Gasteiger partial charge in [-0.15, -0.1) is 0 Å². The molecule has 3 rings (SSSR count). The highest BCUT2D eigenvalue weighted by Crippen LogP contribution is 2.66. The van der Waals surface area contributed by atoms with E-state index in [4.69, 9.17) is 5.11 Å². The normalized spacial score (nSPS) is 29.3. The second-order valence-electron chi connectivity index (χ2n) is 7.48. The summed E-state index contributed by atoms with van der Waals surface area (Å²) in [7, 11) is -4.28. The van der Waals surface area contributed by atoms with Crippen LogP contribution in [0.4, 0.5) is 0 Å². The second kappa shape index (κ2) is 5.51. The number of Topliss-reactive ketones (excluding diaryl/α,β-unsaturated/α-hetero) is 1. The van der Waals surface area contributed by atoms with E-state index in [0.717, 1.165) is 0 Å². The molecular weight excluding hydrogens is 344 g/mol. The van der Waals surface area contributed by atoms with E-state index >= 15 is 0 Å². The molecule has 2 unspecified atom stereocenters. The van der Waals surface area contributed by atoms with Crippen LogP contribution in [-0.2, 0) is 14.9 Å². The highest BCUT2D eigenvalue weighted by Gasteiger charge is 2.67. The Morgan fingerprint density at radius 3 is 2.40 bits per heavy atom. The summed E-state index contributed by atoms with van der Waals surface area (Å²) in [6, 6.07) is 6.17. The predicted molar refractivity (Wildman–Crippen MR) is 91.7 cm³/mol. The quantitative estimate of drug-likeness (QED) is 0.628. The summed E-state index contributed by atoms with van der Waals surface area (Å²) in [5, 5.41) is 8.95. The van der Waals surface area contributed by atoms with Crippen LogP contribution in [0.1, 0.15) is 42.6 Å². The number of rotatable bonds is 4. The van der Waals surface area contributed by atoms with Crippen molar-refractivity contribution in [3.8, 4) is 0 Å². The van der Waals surface area contributed by atoms with Gasteiger partial charge in [0, 0.05) is 5.57 Å². The lowest BCUT2D eigenvalue weighted by molar-refractivity contribution is -0.125. The van der Waals surface area contributed by atoms with Gasteiger partial charge in [0.25, 0.3) is 10.1 Å². The fourth-order valence-electron chi connectivity index (χ4n) is 4.49. The molecular formula is C18H20O6S. The number of hydrogen-bond donors (Lipinski definition) is 2. The summed E-state index contributed by atoms with van der Waals surface area (Å²) < 4.78 is 32.3. The maximum absolute atomic E-state index is 13.0. The number of carbonyl (C=O) groups is 2. The maximum atomic E-state index is 13.0. The molecule has 0 aliphatic heterocycles. The number of fused-ring (bicyclic) bond motifs is 2. The zero-order valence-corrected chi connectivity index (χ0v) is 14.8. The summed E-state index contributed by atoms with van der Waals surface area (Å²) in [6.45, 7) is 3.75. The van der Waals surface area contributed by atoms with Gasteiger partial charge in [0.2, 0.25) is 0 Å². The molecule has 0 amide bonds. The summed E-state index contributed by atoms with van der Waals surface area (Å²) in [6.07, 6.45) is 2.84. The van der Waals surface area contributed by atoms with Gasteiger partial charge in [-0.3, -0.25) is 9.35 Å². The van der Waals surface area contributed by atoms with Gasteiger partial charge >= 0.3 is 5.97 Å². The topological polar surface area (TPSA) is 109 Å². The third kappa shape index (κ3) is 2.71. The van der Waals surface area contributed by atoms with Gasteiger partial charge < -0.3 is 5.11 Å². The fourth-order valence-corrected chi connectivity index (χ4v) is 5.77. The first kappa shape index (κ1) is 17.8. The molecule has 1 aromatic rings. The van der Waals surface area contributed by atoms with Crippen LogP contribution in [0.25, 0.3) is 6.08 Å².